The molecular formula is C17H17NO2S. The van der Waals surface area contributed by atoms with Crippen molar-refractivity contribution in [3.8, 4) is 11.8 Å². The molecule has 1 aromatic carbocycles. The van der Waals surface area contributed by atoms with Gasteiger partial charge in [-0.1, -0.05) is 29.5 Å². The van der Waals surface area contributed by atoms with Crippen LogP contribution in [0.5, 0.6) is 0 Å². The van der Waals surface area contributed by atoms with Crippen molar-refractivity contribution in [2.24, 2.45) is 0 Å². The molecule has 1 heterocycles. The fraction of sp³-hybridized carbons (Fsp3) is 0.235. The van der Waals surface area contributed by atoms with Gasteiger partial charge in [0.1, 0.15) is 6.61 Å². The van der Waals surface area contributed by atoms with Crippen LogP contribution in [-0.2, 0) is 0 Å². The summed E-state index contributed by atoms with van der Waals surface area (Å²) in [7, 11) is 1.77. The largest absolute Gasteiger partial charge is 0.384 e. The second kappa shape index (κ2) is 6.57. The number of nitrogens with zero attached hydrogens (tertiary/aromatic N) is 1. The number of aliphatic hydroxyl groups is 1. The second-order valence-electron chi connectivity index (χ2n) is 4.81. The number of hydrogen-bond donors (Lipinski definition) is 1. The number of carbonyl (C=O) groups excluding carboxylic acids is 1. The molecule has 0 atom stereocenters. The average molecular weight is 299 g/mol. The summed E-state index contributed by atoms with van der Waals surface area (Å²) in [6, 6.07) is 7.78. The van der Waals surface area contributed by atoms with Crippen molar-refractivity contribution >= 4 is 22.9 Å². The zero-order chi connectivity index (χ0) is 15.4. The minimum atomic E-state index is -0.177. The predicted molar refractivity (Wildman–Crippen MR) is 86.9 cm³/mol. The van der Waals surface area contributed by atoms with E-state index in [-0.39, 0.29) is 12.5 Å². The van der Waals surface area contributed by atoms with Gasteiger partial charge < -0.3 is 10.0 Å². The summed E-state index contributed by atoms with van der Waals surface area (Å²) in [6.07, 6.45) is 0. The molecule has 0 unspecified atom stereocenters. The van der Waals surface area contributed by atoms with Gasteiger partial charge in [0.2, 0.25) is 0 Å². The van der Waals surface area contributed by atoms with Gasteiger partial charge in [-0.3, -0.25) is 4.79 Å². The molecule has 0 aliphatic carbocycles. The highest BCUT2D eigenvalue weighted by Crippen LogP contribution is 2.23. The molecule has 0 bridgehead atoms. The third kappa shape index (κ3) is 3.52. The van der Waals surface area contributed by atoms with Crippen molar-refractivity contribution in [1.82, 2.24) is 0 Å². The van der Waals surface area contributed by atoms with Gasteiger partial charge in [-0.05, 0) is 31.5 Å². The van der Waals surface area contributed by atoms with Gasteiger partial charge in [-0.15, -0.1) is 11.3 Å². The normalized spacial score (nSPS) is 9.90. The van der Waals surface area contributed by atoms with E-state index in [0.717, 1.165) is 16.1 Å². The molecule has 0 fully saturated rings. The van der Waals surface area contributed by atoms with E-state index in [2.05, 4.69) is 17.9 Å². The number of thiophene rings is 1. The lowest BCUT2D eigenvalue weighted by Crippen LogP contribution is -2.26. The lowest BCUT2D eigenvalue weighted by atomic mass is 10.1. The van der Waals surface area contributed by atoms with E-state index in [0.29, 0.717) is 5.56 Å². The Morgan fingerprint density at radius 3 is 2.76 bits per heavy atom. The summed E-state index contributed by atoms with van der Waals surface area (Å²) in [6.45, 7) is 3.85. The summed E-state index contributed by atoms with van der Waals surface area (Å²) >= 11 is 1.40. The van der Waals surface area contributed by atoms with Crippen molar-refractivity contribution in [3.05, 3.63) is 51.2 Å². The lowest BCUT2D eigenvalue weighted by Gasteiger charge is -2.19. The lowest BCUT2D eigenvalue weighted by molar-refractivity contribution is 0.0993. The second-order valence-corrected chi connectivity index (χ2v) is 5.72. The van der Waals surface area contributed by atoms with E-state index in [1.54, 1.807) is 23.4 Å². The quantitative estimate of drug-likeness (QED) is 0.866. The van der Waals surface area contributed by atoms with Crippen molar-refractivity contribution in [2.75, 3.05) is 18.6 Å². The number of hydrogen-bond acceptors (Lipinski definition) is 3. The molecule has 0 spiro atoms. The van der Waals surface area contributed by atoms with Crippen LogP contribution >= 0.6 is 11.3 Å². The first kappa shape index (κ1) is 15.3. The van der Waals surface area contributed by atoms with Gasteiger partial charge in [0.15, 0.2) is 0 Å². The van der Waals surface area contributed by atoms with E-state index in [1.807, 2.05) is 26.0 Å². The van der Waals surface area contributed by atoms with Gasteiger partial charge in [0.05, 0.1) is 10.4 Å². The number of carbonyl (C=O) groups is 1. The number of amides is 1. The van der Waals surface area contributed by atoms with Crippen LogP contribution in [0.2, 0.25) is 0 Å². The molecule has 0 saturated carbocycles. The molecule has 1 aromatic heterocycles. The van der Waals surface area contributed by atoms with Crippen LogP contribution in [0.3, 0.4) is 0 Å². The summed E-state index contributed by atoms with van der Waals surface area (Å²) < 4.78 is 0. The molecule has 1 amide bonds. The Balaban J connectivity index is 2.24. The Bertz CT molecular complexity index is 722. The zero-order valence-electron chi connectivity index (χ0n) is 12.3. The maximum Gasteiger partial charge on any atom is 0.258 e. The molecule has 2 rings (SSSR count). The van der Waals surface area contributed by atoms with E-state index in [9.17, 15) is 4.79 Å². The van der Waals surface area contributed by atoms with Gasteiger partial charge in [-0.25, -0.2) is 0 Å². The Morgan fingerprint density at radius 2 is 2.10 bits per heavy atom. The molecule has 2 aromatic rings. The monoisotopic (exact) mass is 299 g/mol. The molecule has 21 heavy (non-hydrogen) atoms. The Morgan fingerprint density at radius 1 is 1.33 bits per heavy atom. The van der Waals surface area contributed by atoms with Crippen LogP contribution < -0.4 is 4.90 Å². The fourth-order valence-electron chi connectivity index (χ4n) is 2.13. The van der Waals surface area contributed by atoms with Crippen LogP contribution in [0.1, 0.15) is 26.4 Å². The van der Waals surface area contributed by atoms with Crippen LogP contribution in [0, 0.1) is 25.7 Å². The molecule has 3 nitrogen and oxygen atoms in total. The molecular weight excluding hydrogens is 282 g/mol. The molecule has 0 aliphatic heterocycles. The summed E-state index contributed by atoms with van der Waals surface area (Å²) in [4.78, 5) is 14.9. The van der Waals surface area contributed by atoms with Crippen molar-refractivity contribution in [3.63, 3.8) is 0 Å². The number of anilines is 1. The molecule has 108 valence electrons. The standard InChI is InChI=1S/C17H17NO2S/c1-12-6-7-16(13(2)9-12)18(3)17(20)14-10-15(21-11-14)5-4-8-19/h6-7,9-11,19H,8H2,1-3H3. The third-order valence-electron chi connectivity index (χ3n) is 3.16. The molecule has 0 saturated heterocycles. The van der Waals surface area contributed by atoms with Crippen LogP contribution in [0.25, 0.3) is 0 Å². The predicted octanol–water partition coefficient (Wildman–Crippen LogP) is 2.99. The topological polar surface area (TPSA) is 40.5 Å². The summed E-state index contributed by atoms with van der Waals surface area (Å²) in [5.74, 6) is 5.34. The maximum absolute atomic E-state index is 12.5. The van der Waals surface area contributed by atoms with Gasteiger partial charge >= 0.3 is 0 Å². The minimum Gasteiger partial charge on any atom is -0.384 e. The van der Waals surface area contributed by atoms with Crippen molar-refractivity contribution in [2.45, 2.75) is 13.8 Å². The first-order chi connectivity index (χ1) is 10.0. The van der Waals surface area contributed by atoms with E-state index in [4.69, 9.17) is 5.11 Å². The first-order valence-corrected chi connectivity index (χ1v) is 7.44. The van der Waals surface area contributed by atoms with Gasteiger partial charge in [0.25, 0.3) is 5.91 Å². The Kier molecular flexibility index (Phi) is 4.79. The van der Waals surface area contributed by atoms with E-state index in [1.165, 1.54) is 16.9 Å². The Hall–Kier alpha value is -2.09. The van der Waals surface area contributed by atoms with Gasteiger partial charge in [0, 0.05) is 18.1 Å². The van der Waals surface area contributed by atoms with E-state index < -0.39 is 0 Å². The van der Waals surface area contributed by atoms with Crippen molar-refractivity contribution in [1.29, 1.82) is 0 Å². The third-order valence-corrected chi connectivity index (χ3v) is 4.00. The molecule has 4 heteroatoms. The average Bonchev–Trinajstić information content (AvgIpc) is 2.92. The first-order valence-electron chi connectivity index (χ1n) is 6.56. The summed E-state index contributed by atoms with van der Waals surface area (Å²) in [5.41, 5.74) is 3.76. The molecule has 1 N–H and O–H groups in total. The van der Waals surface area contributed by atoms with Crippen LogP contribution in [0.4, 0.5) is 5.69 Å². The van der Waals surface area contributed by atoms with Gasteiger partial charge in [-0.2, -0.15) is 0 Å². The Labute approximate surface area is 128 Å². The number of benzene rings is 1. The fourth-order valence-corrected chi connectivity index (χ4v) is 2.87. The molecule has 0 aliphatic rings. The smallest absolute Gasteiger partial charge is 0.258 e. The number of rotatable bonds is 2. The zero-order valence-corrected chi connectivity index (χ0v) is 13.1. The highest BCUT2D eigenvalue weighted by Gasteiger charge is 2.16. The van der Waals surface area contributed by atoms with Crippen LogP contribution in [0.15, 0.2) is 29.6 Å². The van der Waals surface area contributed by atoms with Crippen molar-refractivity contribution < 1.29 is 9.90 Å². The number of aryl methyl sites for hydroxylation is 2. The highest BCUT2D eigenvalue weighted by atomic mass is 32.1. The minimum absolute atomic E-state index is 0.0600. The summed E-state index contributed by atoms with van der Waals surface area (Å²) in [5, 5.41) is 10.5. The van der Waals surface area contributed by atoms with Crippen LogP contribution in [-0.4, -0.2) is 24.7 Å². The maximum atomic E-state index is 12.5. The van der Waals surface area contributed by atoms with E-state index >= 15 is 0 Å². The highest BCUT2D eigenvalue weighted by molar-refractivity contribution is 7.10. The SMILES string of the molecule is Cc1ccc(N(C)C(=O)c2csc(C#CCO)c2)c(C)c1. The molecule has 0 radical (unpaired) electrons. The number of aliphatic hydroxyl groups excluding tert-OH is 1.